The van der Waals surface area contributed by atoms with Crippen LogP contribution in [0, 0.1) is 0 Å². The number of rotatable bonds is 7. The number of aromatic nitrogens is 1. The van der Waals surface area contributed by atoms with Crippen LogP contribution in [-0.4, -0.2) is 22.8 Å². The van der Waals surface area contributed by atoms with E-state index in [0.717, 1.165) is 17.7 Å². The number of ether oxygens (including phenoxy) is 1. The van der Waals surface area contributed by atoms with Crippen molar-refractivity contribution in [3.8, 4) is 11.5 Å². The first kappa shape index (κ1) is 30.9. The van der Waals surface area contributed by atoms with Crippen molar-refractivity contribution in [2.24, 2.45) is 0 Å². The number of hydrogen-bond acceptors (Lipinski definition) is 5. The Bertz CT molecular complexity index is 1660. The molecule has 4 amide bonds. The van der Waals surface area contributed by atoms with Crippen LogP contribution in [-0.2, 0) is 11.0 Å². The van der Waals surface area contributed by atoms with Crippen LogP contribution in [0.15, 0.2) is 91.1 Å². The van der Waals surface area contributed by atoms with Gasteiger partial charge in [0, 0.05) is 34.7 Å². The highest BCUT2D eigenvalue weighted by atomic mass is 35.5. The zero-order chi connectivity index (χ0) is 31.0. The summed E-state index contributed by atoms with van der Waals surface area (Å²) in [5.74, 6) is -0.656. The first-order chi connectivity index (χ1) is 20.5. The van der Waals surface area contributed by atoms with Crippen molar-refractivity contribution in [3.05, 3.63) is 118 Å². The lowest BCUT2D eigenvalue weighted by Crippen LogP contribution is -2.41. The van der Waals surface area contributed by atoms with Crippen LogP contribution in [0.5, 0.6) is 11.5 Å². The Balaban J connectivity index is 1.29. The third-order valence-electron chi connectivity index (χ3n) is 5.44. The van der Waals surface area contributed by atoms with E-state index in [1.165, 1.54) is 54.7 Å². The minimum Gasteiger partial charge on any atom is -0.457 e. The Morgan fingerprint density at radius 3 is 2.16 bits per heavy atom. The maximum atomic E-state index is 13.0. The van der Waals surface area contributed by atoms with Gasteiger partial charge in [-0.25, -0.2) is 4.79 Å². The molecule has 1 aromatic heterocycles. The second kappa shape index (κ2) is 13.7. The lowest BCUT2D eigenvalue weighted by molar-refractivity contribution is -0.137. The summed E-state index contributed by atoms with van der Waals surface area (Å²) in [5.41, 5.74) is 4.37. The second-order valence-corrected chi connectivity index (χ2v) is 9.45. The standard InChI is InChI=1S/C29H20Cl2F3N5O4/c30-18-4-1-17(2-5-18)3-12-26(40)38-39-27(41)25-16-22(13-14-35-25)43-21-9-6-19(7-10-21)36-28(42)37-20-8-11-24(31)23(15-20)29(32,33)34/h1-16H,(H,38,40)(H,39,41)(H2,36,37,42)/b12-3+. The van der Waals surface area contributed by atoms with Gasteiger partial charge in [0.05, 0.1) is 10.6 Å². The van der Waals surface area contributed by atoms with E-state index in [-0.39, 0.29) is 17.1 Å². The summed E-state index contributed by atoms with van der Waals surface area (Å²) < 4.78 is 44.9. The quantitative estimate of drug-likeness (QED) is 0.126. The molecule has 9 nitrogen and oxygen atoms in total. The molecule has 4 N–H and O–H groups in total. The molecule has 0 unspecified atom stereocenters. The zero-order valence-corrected chi connectivity index (χ0v) is 23.2. The fourth-order valence-corrected chi connectivity index (χ4v) is 3.78. The number of urea groups is 1. The summed E-state index contributed by atoms with van der Waals surface area (Å²) in [6, 6.07) is 17.9. The van der Waals surface area contributed by atoms with Gasteiger partial charge in [0.15, 0.2) is 0 Å². The minimum atomic E-state index is -4.67. The molecule has 0 atom stereocenters. The molecule has 43 heavy (non-hydrogen) atoms. The molecule has 0 aliphatic rings. The van der Waals surface area contributed by atoms with Gasteiger partial charge >= 0.3 is 12.2 Å². The molecule has 4 aromatic rings. The number of benzene rings is 3. The maximum absolute atomic E-state index is 13.0. The van der Waals surface area contributed by atoms with Crippen LogP contribution in [0.1, 0.15) is 21.6 Å². The zero-order valence-electron chi connectivity index (χ0n) is 21.7. The Morgan fingerprint density at radius 1 is 0.791 bits per heavy atom. The van der Waals surface area contributed by atoms with Crippen molar-refractivity contribution in [1.29, 1.82) is 0 Å². The van der Waals surface area contributed by atoms with Crippen LogP contribution in [0.25, 0.3) is 6.08 Å². The number of alkyl halides is 3. The maximum Gasteiger partial charge on any atom is 0.417 e. The number of carbonyl (C=O) groups is 3. The van der Waals surface area contributed by atoms with Crippen LogP contribution in [0.2, 0.25) is 10.0 Å². The van der Waals surface area contributed by atoms with Crippen molar-refractivity contribution in [2.75, 3.05) is 10.6 Å². The third-order valence-corrected chi connectivity index (χ3v) is 6.02. The number of nitrogens with zero attached hydrogens (tertiary/aromatic N) is 1. The molecular formula is C29H20Cl2F3N5O4. The predicted octanol–water partition coefficient (Wildman–Crippen LogP) is 7.32. The lowest BCUT2D eigenvalue weighted by atomic mass is 10.2. The normalized spacial score (nSPS) is 11.1. The molecule has 0 bridgehead atoms. The third kappa shape index (κ3) is 9.21. The Kier molecular flexibility index (Phi) is 9.86. The SMILES string of the molecule is O=C(/C=C/c1ccc(Cl)cc1)NNC(=O)c1cc(Oc2ccc(NC(=O)Nc3ccc(Cl)c(C(F)(F)F)c3)cc2)ccn1. The molecule has 0 spiro atoms. The number of hydrazine groups is 1. The van der Waals surface area contributed by atoms with Crippen molar-refractivity contribution >= 4 is 58.5 Å². The highest BCUT2D eigenvalue weighted by Crippen LogP contribution is 2.36. The molecule has 3 aromatic carbocycles. The van der Waals surface area contributed by atoms with E-state index in [1.807, 2.05) is 0 Å². The van der Waals surface area contributed by atoms with Gasteiger partial charge in [-0.15, -0.1) is 0 Å². The number of amides is 4. The summed E-state index contributed by atoms with van der Waals surface area (Å²) in [6.45, 7) is 0. The number of anilines is 2. The summed E-state index contributed by atoms with van der Waals surface area (Å²) in [5, 5.41) is 4.89. The fourth-order valence-electron chi connectivity index (χ4n) is 3.42. The smallest absolute Gasteiger partial charge is 0.417 e. The molecule has 14 heteroatoms. The van der Waals surface area contributed by atoms with Gasteiger partial charge in [-0.05, 0) is 72.3 Å². The number of hydrogen-bond donors (Lipinski definition) is 4. The summed E-state index contributed by atoms with van der Waals surface area (Å²) in [4.78, 5) is 40.7. The molecule has 0 aliphatic carbocycles. The molecule has 1 heterocycles. The van der Waals surface area contributed by atoms with Crippen LogP contribution in [0.4, 0.5) is 29.3 Å². The molecule has 220 valence electrons. The van der Waals surface area contributed by atoms with E-state index >= 15 is 0 Å². The van der Waals surface area contributed by atoms with E-state index in [0.29, 0.717) is 16.5 Å². The largest absolute Gasteiger partial charge is 0.457 e. The van der Waals surface area contributed by atoms with Gasteiger partial charge < -0.3 is 15.4 Å². The molecule has 0 saturated heterocycles. The Labute approximate surface area is 252 Å². The fraction of sp³-hybridized carbons (Fsp3) is 0.0345. The Hall–Kier alpha value is -5.07. The van der Waals surface area contributed by atoms with Gasteiger partial charge in [0.1, 0.15) is 17.2 Å². The van der Waals surface area contributed by atoms with E-state index < -0.39 is 34.6 Å². The molecule has 4 rings (SSSR count). The summed E-state index contributed by atoms with van der Waals surface area (Å²) in [7, 11) is 0. The van der Waals surface area contributed by atoms with Gasteiger partial charge in [-0.1, -0.05) is 35.3 Å². The number of halogens is 5. The van der Waals surface area contributed by atoms with Crippen molar-refractivity contribution in [1.82, 2.24) is 15.8 Å². The van der Waals surface area contributed by atoms with Crippen molar-refractivity contribution in [3.63, 3.8) is 0 Å². The second-order valence-electron chi connectivity index (χ2n) is 8.60. The number of pyridine rings is 1. The summed E-state index contributed by atoms with van der Waals surface area (Å²) >= 11 is 11.4. The van der Waals surface area contributed by atoms with Gasteiger partial charge in [-0.3, -0.25) is 25.4 Å². The minimum absolute atomic E-state index is 0.0367. The summed E-state index contributed by atoms with van der Waals surface area (Å²) in [6.07, 6.45) is -0.551. The predicted molar refractivity (Wildman–Crippen MR) is 156 cm³/mol. The van der Waals surface area contributed by atoms with E-state index in [2.05, 4.69) is 26.5 Å². The van der Waals surface area contributed by atoms with E-state index in [9.17, 15) is 27.6 Å². The molecule has 0 radical (unpaired) electrons. The molecule has 0 fully saturated rings. The topological polar surface area (TPSA) is 121 Å². The molecule has 0 saturated carbocycles. The van der Waals surface area contributed by atoms with Crippen LogP contribution < -0.4 is 26.2 Å². The van der Waals surface area contributed by atoms with E-state index in [4.69, 9.17) is 27.9 Å². The molecule has 0 aliphatic heterocycles. The van der Waals surface area contributed by atoms with Gasteiger partial charge in [-0.2, -0.15) is 13.2 Å². The number of carbonyl (C=O) groups excluding carboxylic acids is 3. The van der Waals surface area contributed by atoms with Crippen LogP contribution >= 0.6 is 23.2 Å². The monoisotopic (exact) mass is 629 g/mol. The van der Waals surface area contributed by atoms with Gasteiger partial charge in [0.25, 0.3) is 11.8 Å². The average Bonchev–Trinajstić information content (AvgIpc) is 2.97. The first-order valence-electron chi connectivity index (χ1n) is 12.2. The number of nitrogens with one attached hydrogen (secondary N) is 4. The van der Waals surface area contributed by atoms with Crippen molar-refractivity contribution < 1.29 is 32.3 Å². The molecular weight excluding hydrogens is 610 g/mol. The average molecular weight is 630 g/mol. The Morgan fingerprint density at radius 2 is 1.47 bits per heavy atom. The van der Waals surface area contributed by atoms with Gasteiger partial charge in [0.2, 0.25) is 0 Å². The first-order valence-corrected chi connectivity index (χ1v) is 12.9. The van der Waals surface area contributed by atoms with Crippen molar-refractivity contribution in [2.45, 2.75) is 6.18 Å². The highest BCUT2D eigenvalue weighted by Gasteiger charge is 2.33. The highest BCUT2D eigenvalue weighted by molar-refractivity contribution is 6.31. The van der Waals surface area contributed by atoms with Crippen LogP contribution in [0.3, 0.4) is 0 Å². The van der Waals surface area contributed by atoms with E-state index in [1.54, 1.807) is 30.3 Å². The lowest BCUT2D eigenvalue weighted by Gasteiger charge is -2.12.